The number of carbonyl (C=O) groups is 2. The maximum Gasteiger partial charge on any atom is 0.333 e. The fraction of sp³-hybridized carbons (Fsp3) is 0.368. The average molecular weight is 393 g/mol. The molecule has 146 valence electrons. The van der Waals surface area contributed by atoms with Crippen LogP contribution < -0.4 is 16.2 Å². The molecule has 0 saturated heterocycles. The van der Waals surface area contributed by atoms with Crippen LogP contribution in [-0.4, -0.2) is 36.5 Å². The molecule has 6 nitrogen and oxygen atoms in total. The lowest BCUT2D eigenvalue weighted by molar-refractivity contribution is -0.121. The number of hydrogen-bond acceptors (Lipinski definition) is 4. The minimum atomic E-state index is -0.477. The van der Waals surface area contributed by atoms with Crippen molar-refractivity contribution in [2.45, 2.75) is 26.3 Å². The number of benzene rings is 1. The van der Waals surface area contributed by atoms with Gasteiger partial charge in [-0.15, -0.1) is 0 Å². The molecule has 0 bridgehead atoms. The highest BCUT2D eigenvalue weighted by molar-refractivity contribution is 7.07. The monoisotopic (exact) mass is 392 g/mol. The van der Waals surface area contributed by atoms with Crippen molar-refractivity contribution in [1.29, 1.82) is 0 Å². The second kappa shape index (κ2) is 10.6. The van der Waals surface area contributed by atoms with E-state index in [0.717, 1.165) is 18.7 Å². The highest BCUT2D eigenvalue weighted by atomic mass is 32.1. The molecule has 0 spiro atoms. The highest BCUT2D eigenvalue weighted by Crippen LogP contribution is 2.22. The number of halogens is 1. The van der Waals surface area contributed by atoms with E-state index in [9.17, 15) is 14.0 Å². The number of amides is 3. The number of nitrogens with zero attached hydrogens (tertiary/aromatic N) is 1. The van der Waals surface area contributed by atoms with Crippen LogP contribution in [0.4, 0.5) is 9.18 Å². The van der Waals surface area contributed by atoms with E-state index in [4.69, 9.17) is 0 Å². The van der Waals surface area contributed by atoms with E-state index in [1.165, 1.54) is 24.3 Å². The Morgan fingerprint density at radius 1 is 1.11 bits per heavy atom. The summed E-state index contributed by atoms with van der Waals surface area (Å²) >= 11 is 1.62. The van der Waals surface area contributed by atoms with Crippen molar-refractivity contribution in [2.24, 2.45) is 0 Å². The molecule has 1 atom stereocenters. The zero-order valence-corrected chi connectivity index (χ0v) is 16.3. The van der Waals surface area contributed by atoms with Crippen LogP contribution in [0.2, 0.25) is 0 Å². The van der Waals surface area contributed by atoms with Gasteiger partial charge in [-0.2, -0.15) is 11.3 Å². The summed E-state index contributed by atoms with van der Waals surface area (Å²) in [5.41, 5.74) is 6.52. The van der Waals surface area contributed by atoms with Gasteiger partial charge in [0, 0.05) is 6.54 Å². The molecule has 0 fully saturated rings. The van der Waals surface area contributed by atoms with E-state index >= 15 is 0 Å². The predicted molar refractivity (Wildman–Crippen MR) is 105 cm³/mol. The van der Waals surface area contributed by atoms with Gasteiger partial charge in [-0.05, 0) is 53.2 Å². The molecule has 0 aliphatic heterocycles. The lowest BCUT2D eigenvalue weighted by atomic mass is 10.1. The van der Waals surface area contributed by atoms with Crippen molar-refractivity contribution in [3.05, 3.63) is 58.0 Å². The zero-order chi connectivity index (χ0) is 19.6. The van der Waals surface area contributed by atoms with Crippen molar-refractivity contribution < 1.29 is 14.0 Å². The van der Waals surface area contributed by atoms with Gasteiger partial charge >= 0.3 is 6.03 Å². The molecule has 1 heterocycles. The standard InChI is InChI=1S/C19H25FN4O2S/c1-3-24(4-2)17(15-9-10-27-13-15)12-21-19(26)23-22-18(25)11-14-5-7-16(20)8-6-14/h5-10,13,17H,3-4,11-12H2,1-2H3,(H,22,25)(H2,21,23,26). The average Bonchev–Trinajstić information content (AvgIpc) is 3.19. The van der Waals surface area contributed by atoms with Gasteiger partial charge in [-0.1, -0.05) is 26.0 Å². The third-order valence-electron chi connectivity index (χ3n) is 4.23. The van der Waals surface area contributed by atoms with Gasteiger partial charge in [-0.3, -0.25) is 15.1 Å². The first-order valence-corrected chi connectivity index (χ1v) is 9.81. The maximum absolute atomic E-state index is 12.9. The summed E-state index contributed by atoms with van der Waals surface area (Å²) in [7, 11) is 0. The van der Waals surface area contributed by atoms with E-state index in [1.54, 1.807) is 11.3 Å². The molecule has 0 radical (unpaired) electrons. The van der Waals surface area contributed by atoms with Crippen molar-refractivity contribution in [2.75, 3.05) is 19.6 Å². The minimum Gasteiger partial charge on any atom is -0.335 e. The van der Waals surface area contributed by atoms with E-state index < -0.39 is 6.03 Å². The first-order valence-electron chi connectivity index (χ1n) is 8.86. The Morgan fingerprint density at radius 3 is 2.41 bits per heavy atom. The maximum atomic E-state index is 12.9. The molecule has 2 aromatic rings. The normalized spacial score (nSPS) is 11.9. The minimum absolute atomic E-state index is 0.0531. The SMILES string of the molecule is CCN(CC)C(CNC(=O)NNC(=O)Cc1ccc(F)cc1)c1ccsc1. The van der Waals surface area contributed by atoms with Crippen molar-refractivity contribution in [3.8, 4) is 0 Å². The molecule has 1 aromatic carbocycles. The number of nitrogens with one attached hydrogen (secondary N) is 3. The molecular formula is C19H25FN4O2S. The van der Waals surface area contributed by atoms with Gasteiger partial charge in [-0.25, -0.2) is 14.6 Å². The summed E-state index contributed by atoms with van der Waals surface area (Å²) in [6, 6.07) is 7.30. The number of urea groups is 1. The number of carbonyl (C=O) groups excluding carboxylic acids is 2. The number of thiophene rings is 1. The van der Waals surface area contributed by atoms with Gasteiger partial charge in [0.05, 0.1) is 12.5 Å². The third kappa shape index (κ3) is 6.65. The van der Waals surface area contributed by atoms with Crippen LogP contribution in [0, 0.1) is 5.82 Å². The van der Waals surface area contributed by atoms with Crippen LogP contribution in [-0.2, 0) is 11.2 Å². The molecule has 0 saturated carbocycles. The molecule has 0 aliphatic carbocycles. The lowest BCUT2D eigenvalue weighted by Gasteiger charge is -2.29. The Kier molecular flexibility index (Phi) is 8.22. The Labute approximate surface area is 162 Å². The summed E-state index contributed by atoms with van der Waals surface area (Å²) in [6.45, 7) is 6.33. The summed E-state index contributed by atoms with van der Waals surface area (Å²) in [4.78, 5) is 26.1. The van der Waals surface area contributed by atoms with Crippen LogP contribution in [0.3, 0.4) is 0 Å². The second-order valence-electron chi connectivity index (χ2n) is 5.98. The smallest absolute Gasteiger partial charge is 0.333 e. The molecule has 2 rings (SSSR count). The van der Waals surface area contributed by atoms with Crippen LogP contribution in [0.5, 0.6) is 0 Å². The fourth-order valence-electron chi connectivity index (χ4n) is 2.78. The first-order chi connectivity index (χ1) is 13.0. The van der Waals surface area contributed by atoms with Gasteiger partial charge in [0.1, 0.15) is 5.82 Å². The van der Waals surface area contributed by atoms with E-state index in [2.05, 4.69) is 46.4 Å². The lowest BCUT2D eigenvalue weighted by Crippen LogP contribution is -2.49. The molecule has 3 N–H and O–H groups in total. The third-order valence-corrected chi connectivity index (χ3v) is 4.93. The molecule has 1 unspecified atom stereocenters. The quantitative estimate of drug-likeness (QED) is 0.605. The molecule has 27 heavy (non-hydrogen) atoms. The summed E-state index contributed by atoms with van der Waals surface area (Å²) in [5, 5.41) is 6.89. The highest BCUT2D eigenvalue weighted by Gasteiger charge is 2.19. The number of rotatable bonds is 8. The van der Waals surface area contributed by atoms with Crippen molar-refractivity contribution in [3.63, 3.8) is 0 Å². The second-order valence-corrected chi connectivity index (χ2v) is 6.76. The zero-order valence-electron chi connectivity index (χ0n) is 15.5. The first kappa shape index (κ1) is 20.9. The van der Waals surface area contributed by atoms with Gasteiger partial charge in [0.2, 0.25) is 5.91 Å². The molecular weight excluding hydrogens is 367 g/mol. The van der Waals surface area contributed by atoms with Gasteiger partial charge < -0.3 is 5.32 Å². The Balaban J connectivity index is 1.80. The van der Waals surface area contributed by atoms with Crippen molar-refractivity contribution in [1.82, 2.24) is 21.1 Å². The van der Waals surface area contributed by atoms with Gasteiger partial charge in [0.15, 0.2) is 0 Å². The summed E-state index contributed by atoms with van der Waals surface area (Å²) in [6.07, 6.45) is 0.0531. The van der Waals surface area contributed by atoms with Crippen LogP contribution >= 0.6 is 11.3 Å². The summed E-state index contributed by atoms with van der Waals surface area (Å²) < 4.78 is 12.9. The number of likely N-dealkylation sites (N-methyl/N-ethyl adjacent to an activating group) is 1. The van der Waals surface area contributed by atoms with Crippen LogP contribution in [0.15, 0.2) is 41.1 Å². The topological polar surface area (TPSA) is 73.5 Å². The van der Waals surface area contributed by atoms with Crippen LogP contribution in [0.1, 0.15) is 31.0 Å². The predicted octanol–water partition coefficient (Wildman–Crippen LogP) is 2.84. The Hall–Kier alpha value is -2.45. The largest absolute Gasteiger partial charge is 0.335 e. The number of hydrogen-bond donors (Lipinski definition) is 3. The fourth-order valence-corrected chi connectivity index (χ4v) is 3.49. The van der Waals surface area contributed by atoms with Gasteiger partial charge in [0.25, 0.3) is 0 Å². The molecule has 3 amide bonds. The van der Waals surface area contributed by atoms with E-state index in [-0.39, 0.29) is 24.2 Å². The number of hydrazine groups is 1. The Bertz CT molecular complexity index is 718. The van der Waals surface area contributed by atoms with Crippen LogP contribution in [0.25, 0.3) is 0 Å². The Morgan fingerprint density at radius 2 is 1.81 bits per heavy atom. The molecule has 8 heteroatoms. The molecule has 0 aliphatic rings. The van der Waals surface area contributed by atoms with Crippen molar-refractivity contribution >= 4 is 23.3 Å². The summed E-state index contributed by atoms with van der Waals surface area (Å²) in [5.74, 6) is -0.736. The van der Waals surface area contributed by atoms with E-state index in [1.807, 2.05) is 5.38 Å². The van der Waals surface area contributed by atoms with E-state index in [0.29, 0.717) is 12.1 Å². The molecule has 1 aromatic heterocycles.